The Balaban J connectivity index is 0.000000212. The molecule has 2 aliphatic rings. The van der Waals surface area contributed by atoms with Gasteiger partial charge in [-0.3, -0.25) is 0 Å². The molecule has 0 aromatic heterocycles. The van der Waals surface area contributed by atoms with Gasteiger partial charge < -0.3 is 19.3 Å². The van der Waals surface area contributed by atoms with E-state index in [1.807, 2.05) is 12.1 Å². The first-order valence-corrected chi connectivity index (χ1v) is 12.1. The largest absolute Gasteiger partial charge is 0.508 e. The van der Waals surface area contributed by atoms with Gasteiger partial charge in [-0.25, -0.2) is 0 Å². The van der Waals surface area contributed by atoms with Crippen LogP contribution < -0.4 is 10.6 Å². The number of rotatable bonds is 8. The molecular formula is C26H29O4P. The molecule has 2 fully saturated rings. The van der Waals surface area contributed by atoms with Crippen molar-refractivity contribution in [3.05, 3.63) is 90.5 Å². The van der Waals surface area contributed by atoms with Gasteiger partial charge in [-0.05, 0) is 36.2 Å². The van der Waals surface area contributed by atoms with E-state index >= 15 is 0 Å². The Labute approximate surface area is 185 Å². The second-order valence-electron chi connectivity index (χ2n) is 7.76. The standard InChI is InChI=1S/C20H19OP.C6H10O3/c1-16(17-12-14-18(21)15-13-17)22(19-8-4-2-5-9-19)20-10-6-3-7-11-20;1(5-3-8-5)7-2-6-4-9-6/h2-16,21H,1H3;5-6H,1-4H2. The van der Waals surface area contributed by atoms with E-state index in [2.05, 4.69) is 67.6 Å². The minimum atomic E-state index is -0.480. The molecule has 3 atom stereocenters. The van der Waals surface area contributed by atoms with Crippen LogP contribution in [-0.4, -0.2) is 43.7 Å². The van der Waals surface area contributed by atoms with Crippen molar-refractivity contribution in [1.82, 2.24) is 0 Å². The molecule has 0 saturated carbocycles. The van der Waals surface area contributed by atoms with Crippen LogP contribution in [0.3, 0.4) is 0 Å². The lowest BCUT2D eigenvalue weighted by Crippen LogP contribution is -2.15. The molecule has 3 aromatic carbocycles. The van der Waals surface area contributed by atoms with E-state index in [1.54, 1.807) is 12.1 Å². The molecule has 1 N–H and O–H groups in total. The van der Waals surface area contributed by atoms with Crippen molar-refractivity contribution in [2.24, 2.45) is 0 Å². The highest BCUT2D eigenvalue weighted by atomic mass is 31.1. The Kier molecular flexibility index (Phi) is 7.71. The van der Waals surface area contributed by atoms with Gasteiger partial charge in [0.05, 0.1) is 26.4 Å². The van der Waals surface area contributed by atoms with Gasteiger partial charge in [-0.2, -0.15) is 0 Å². The maximum Gasteiger partial charge on any atom is 0.115 e. The summed E-state index contributed by atoms with van der Waals surface area (Å²) in [6.07, 6.45) is 0.785. The number of ether oxygens (including phenoxy) is 3. The molecule has 2 saturated heterocycles. The van der Waals surface area contributed by atoms with Crippen LogP contribution in [0.2, 0.25) is 0 Å². The summed E-state index contributed by atoms with van der Waals surface area (Å²) < 4.78 is 15.1. The molecule has 3 aromatic rings. The van der Waals surface area contributed by atoms with Crippen LogP contribution >= 0.6 is 7.92 Å². The van der Waals surface area contributed by atoms with E-state index in [0.717, 1.165) is 26.4 Å². The zero-order valence-corrected chi connectivity index (χ0v) is 18.7. The van der Waals surface area contributed by atoms with Crippen molar-refractivity contribution < 1.29 is 19.3 Å². The molecule has 2 aliphatic heterocycles. The zero-order valence-electron chi connectivity index (χ0n) is 17.8. The number of hydrogen-bond donors (Lipinski definition) is 1. The monoisotopic (exact) mass is 436 g/mol. The highest BCUT2D eigenvalue weighted by molar-refractivity contribution is 7.73. The molecule has 0 radical (unpaired) electrons. The minimum absolute atomic E-state index is 0.319. The zero-order chi connectivity index (χ0) is 21.5. The first kappa shape index (κ1) is 22.0. The smallest absolute Gasteiger partial charge is 0.115 e. The summed E-state index contributed by atoms with van der Waals surface area (Å²) in [6, 6.07) is 29.0. The van der Waals surface area contributed by atoms with Crippen LogP contribution in [0.4, 0.5) is 0 Å². The third-order valence-corrected chi connectivity index (χ3v) is 8.03. The van der Waals surface area contributed by atoms with Crippen LogP contribution in [0, 0.1) is 0 Å². The number of phenols is 1. The summed E-state index contributed by atoms with van der Waals surface area (Å²) in [6.45, 7) is 5.54. The van der Waals surface area contributed by atoms with Gasteiger partial charge in [0, 0.05) is 5.66 Å². The van der Waals surface area contributed by atoms with Crippen molar-refractivity contribution in [3.8, 4) is 5.75 Å². The van der Waals surface area contributed by atoms with Crippen LogP contribution in [-0.2, 0) is 14.2 Å². The topological polar surface area (TPSA) is 54.5 Å². The molecule has 0 spiro atoms. The molecule has 0 bridgehead atoms. The lowest BCUT2D eigenvalue weighted by molar-refractivity contribution is 0.102. The second-order valence-corrected chi connectivity index (χ2v) is 10.3. The Bertz CT molecular complexity index is 858. The van der Waals surface area contributed by atoms with Crippen LogP contribution in [0.5, 0.6) is 5.75 Å². The number of epoxide rings is 2. The maximum absolute atomic E-state index is 9.52. The number of hydrogen-bond acceptors (Lipinski definition) is 4. The molecule has 2 heterocycles. The van der Waals surface area contributed by atoms with Crippen molar-refractivity contribution >= 4 is 18.5 Å². The highest BCUT2D eigenvalue weighted by Crippen LogP contribution is 2.49. The molecular weight excluding hydrogens is 407 g/mol. The summed E-state index contributed by atoms with van der Waals surface area (Å²) in [7, 11) is -0.480. The van der Waals surface area contributed by atoms with Gasteiger partial charge >= 0.3 is 0 Å². The number of benzene rings is 3. The predicted octanol–water partition coefficient (Wildman–Crippen LogP) is 4.39. The Hall–Kier alpha value is -2.23. The van der Waals surface area contributed by atoms with Crippen LogP contribution in [0.1, 0.15) is 18.1 Å². The average Bonchev–Trinajstić information content (AvgIpc) is 3.73. The molecule has 5 rings (SSSR count). The third-order valence-electron chi connectivity index (χ3n) is 5.24. The average molecular weight is 436 g/mol. The van der Waals surface area contributed by atoms with E-state index in [9.17, 15) is 5.11 Å². The number of aromatic hydroxyl groups is 1. The van der Waals surface area contributed by atoms with Gasteiger partial charge in [0.2, 0.25) is 0 Å². The SMILES string of the molecule is C(OCC1CO1)C1CO1.CC(c1ccc(O)cc1)P(c1ccccc1)c1ccccc1. The summed E-state index contributed by atoms with van der Waals surface area (Å²) in [5.74, 6) is 0.319. The molecule has 0 amide bonds. The lowest BCUT2D eigenvalue weighted by atomic mass is 10.2. The van der Waals surface area contributed by atoms with E-state index in [-0.39, 0.29) is 0 Å². The van der Waals surface area contributed by atoms with E-state index < -0.39 is 7.92 Å². The quantitative estimate of drug-likeness (QED) is 0.421. The fraction of sp³-hybridized carbons (Fsp3) is 0.308. The van der Waals surface area contributed by atoms with E-state index in [1.165, 1.54) is 16.2 Å². The number of phenolic OH excluding ortho intramolecular Hbond substituents is 1. The van der Waals surface area contributed by atoms with Crippen LogP contribution in [0.15, 0.2) is 84.9 Å². The Morgan fingerprint density at radius 3 is 1.68 bits per heavy atom. The van der Waals surface area contributed by atoms with Gasteiger partial charge in [-0.15, -0.1) is 0 Å². The van der Waals surface area contributed by atoms with Gasteiger partial charge in [0.15, 0.2) is 0 Å². The van der Waals surface area contributed by atoms with Gasteiger partial charge in [0.25, 0.3) is 0 Å². The summed E-state index contributed by atoms with van der Waals surface area (Å²) in [4.78, 5) is 0. The van der Waals surface area contributed by atoms with E-state index in [4.69, 9.17) is 14.2 Å². The molecule has 3 unspecified atom stereocenters. The third kappa shape index (κ3) is 6.88. The fourth-order valence-corrected chi connectivity index (χ4v) is 5.98. The van der Waals surface area contributed by atoms with Gasteiger partial charge in [0.1, 0.15) is 18.0 Å². The second kappa shape index (κ2) is 10.9. The Morgan fingerprint density at radius 1 is 0.806 bits per heavy atom. The molecule has 0 aliphatic carbocycles. The molecule has 5 heteroatoms. The summed E-state index contributed by atoms with van der Waals surface area (Å²) >= 11 is 0. The highest BCUT2D eigenvalue weighted by Gasteiger charge is 2.26. The minimum Gasteiger partial charge on any atom is -0.508 e. The van der Waals surface area contributed by atoms with E-state index in [0.29, 0.717) is 23.6 Å². The first-order valence-electron chi connectivity index (χ1n) is 10.7. The van der Waals surface area contributed by atoms with Crippen molar-refractivity contribution in [2.45, 2.75) is 24.8 Å². The summed E-state index contributed by atoms with van der Waals surface area (Å²) in [5.41, 5.74) is 1.65. The van der Waals surface area contributed by atoms with Crippen molar-refractivity contribution in [1.29, 1.82) is 0 Å². The Morgan fingerprint density at radius 2 is 1.26 bits per heavy atom. The lowest BCUT2D eigenvalue weighted by Gasteiger charge is -2.26. The molecule has 31 heavy (non-hydrogen) atoms. The van der Waals surface area contributed by atoms with Gasteiger partial charge in [-0.1, -0.05) is 79.7 Å². The maximum atomic E-state index is 9.52. The predicted molar refractivity (Wildman–Crippen MR) is 126 cm³/mol. The molecule has 4 nitrogen and oxygen atoms in total. The normalized spacial score (nSPS) is 19.9. The summed E-state index contributed by atoms with van der Waals surface area (Å²) in [5, 5.41) is 12.3. The van der Waals surface area contributed by atoms with Crippen molar-refractivity contribution in [3.63, 3.8) is 0 Å². The molecule has 162 valence electrons. The van der Waals surface area contributed by atoms with Crippen LogP contribution in [0.25, 0.3) is 0 Å². The van der Waals surface area contributed by atoms with Crippen molar-refractivity contribution in [2.75, 3.05) is 26.4 Å². The fourth-order valence-electron chi connectivity index (χ4n) is 3.33. The first-order chi connectivity index (χ1) is 15.2.